The molecule has 1 saturated carbocycles. The number of aromatic nitrogens is 2. The van der Waals surface area contributed by atoms with E-state index in [1.807, 2.05) is 25.1 Å². The highest BCUT2D eigenvalue weighted by Crippen LogP contribution is 2.33. The van der Waals surface area contributed by atoms with Crippen LogP contribution in [0.1, 0.15) is 37.7 Å². The van der Waals surface area contributed by atoms with Gasteiger partial charge < -0.3 is 10.4 Å². The Morgan fingerprint density at radius 3 is 2.80 bits per heavy atom. The fourth-order valence-corrected chi connectivity index (χ4v) is 4.84. The number of terminal acetylenes is 1. The molecule has 0 bridgehead atoms. The first-order chi connectivity index (χ1) is 14.5. The number of rotatable bonds is 7. The van der Waals surface area contributed by atoms with Crippen molar-refractivity contribution in [3.05, 3.63) is 30.1 Å². The molecule has 6 heteroatoms. The van der Waals surface area contributed by atoms with E-state index in [4.69, 9.17) is 6.42 Å². The molecule has 1 saturated heterocycles. The lowest BCUT2D eigenvalue weighted by Gasteiger charge is -2.46. The maximum Gasteiger partial charge on any atom is 0.152 e. The van der Waals surface area contributed by atoms with Crippen LogP contribution >= 0.6 is 0 Å². The van der Waals surface area contributed by atoms with Crippen LogP contribution in [0.25, 0.3) is 10.9 Å². The maximum atomic E-state index is 12.5. The second kappa shape index (κ2) is 9.11. The number of aliphatic hydroxyl groups is 1. The van der Waals surface area contributed by atoms with Crippen LogP contribution in [0.2, 0.25) is 0 Å². The number of likely N-dealkylation sites (tertiary alicyclic amines) is 1. The van der Waals surface area contributed by atoms with Gasteiger partial charge in [0.25, 0.3) is 0 Å². The Hall–Kier alpha value is -2.49. The number of carbonyl (C=O) groups is 1. The predicted molar refractivity (Wildman–Crippen MR) is 118 cm³/mol. The molecule has 158 valence electrons. The van der Waals surface area contributed by atoms with E-state index < -0.39 is 6.10 Å². The lowest BCUT2D eigenvalue weighted by Crippen LogP contribution is -2.53. The molecule has 2 fully saturated rings. The van der Waals surface area contributed by atoms with Crippen molar-refractivity contribution in [3.8, 4) is 12.3 Å². The number of ketones is 1. The van der Waals surface area contributed by atoms with E-state index in [0.29, 0.717) is 24.9 Å². The molecule has 0 amide bonds. The lowest BCUT2D eigenvalue weighted by atomic mass is 9.80. The molecule has 30 heavy (non-hydrogen) atoms. The van der Waals surface area contributed by atoms with Crippen LogP contribution in [0, 0.1) is 31.1 Å². The molecule has 1 unspecified atom stereocenters. The van der Waals surface area contributed by atoms with Crippen molar-refractivity contribution in [1.29, 1.82) is 0 Å². The summed E-state index contributed by atoms with van der Waals surface area (Å²) in [6.45, 7) is 4.32. The van der Waals surface area contributed by atoms with Gasteiger partial charge in [-0.2, -0.15) is 0 Å². The van der Waals surface area contributed by atoms with Gasteiger partial charge in [0.1, 0.15) is 18.2 Å². The highest BCUT2D eigenvalue weighted by Gasteiger charge is 2.36. The molecule has 1 aromatic carbocycles. The summed E-state index contributed by atoms with van der Waals surface area (Å²) in [5.41, 5.74) is 2.02. The zero-order valence-electron chi connectivity index (χ0n) is 17.6. The summed E-state index contributed by atoms with van der Waals surface area (Å²) >= 11 is 0. The second-order valence-electron chi connectivity index (χ2n) is 8.84. The van der Waals surface area contributed by atoms with Gasteiger partial charge in [-0.3, -0.25) is 9.69 Å². The first kappa shape index (κ1) is 20.8. The number of Topliss-reactive ketones (excluding diaryl/α,β-unsaturated/α-hetero) is 1. The average molecular weight is 407 g/mol. The third kappa shape index (κ3) is 4.63. The van der Waals surface area contributed by atoms with Crippen LogP contribution < -0.4 is 5.32 Å². The van der Waals surface area contributed by atoms with Gasteiger partial charge in [0, 0.05) is 30.9 Å². The predicted octanol–water partition coefficient (Wildman–Crippen LogP) is 2.79. The summed E-state index contributed by atoms with van der Waals surface area (Å²) < 4.78 is 0. The maximum absolute atomic E-state index is 12.5. The summed E-state index contributed by atoms with van der Waals surface area (Å²) in [7, 11) is 0. The molecule has 2 aromatic rings. The zero-order chi connectivity index (χ0) is 21.1. The zero-order valence-corrected chi connectivity index (χ0v) is 17.6. The molecule has 1 atom stereocenters. The van der Waals surface area contributed by atoms with E-state index in [1.54, 1.807) is 0 Å². The standard InChI is InChI=1S/C24H30N4O2/c1-3-23(30)18-5-7-19(8-6-18)28-13-17(14-28)11-20(29)12-25-24-21-10-16(2)4-9-22(21)26-15-27-24/h1,4,9-10,15,17-19,23,30H,5-8,11-14H2,2H3,(H,25,26,27). The van der Waals surface area contributed by atoms with Gasteiger partial charge in [-0.1, -0.05) is 17.6 Å². The number of nitrogens with one attached hydrogen (secondary N) is 1. The second-order valence-corrected chi connectivity index (χ2v) is 8.84. The van der Waals surface area contributed by atoms with Crippen molar-refractivity contribution in [2.24, 2.45) is 11.8 Å². The summed E-state index contributed by atoms with van der Waals surface area (Å²) in [5, 5.41) is 14.0. The van der Waals surface area contributed by atoms with Crippen molar-refractivity contribution >= 4 is 22.5 Å². The molecular formula is C24H30N4O2. The average Bonchev–Trinajstić information content (AvgIpc) is 2.74. The molecule has 0 radical (unpaired) electrons. The summed E-state index contributed by atoms with van der Waals surface area (Å²) in [6, 6.07) is 6.62. The number of anilines is 1. The highest BCUT2D eigenvalue weighted by molar-refractivity contribution is 5.91. The van der Waals surface area contributed by atoms with Crippen LogP contribution in [0.15, 0.2) is 24.5 Å². The first-order valence-electron chi connectivity index (χ1n) is 10.9. The number of hydrogen-bond acceptors (Lipinski definition) is 6. The van der Waals surface area contributed by atoms with Crippen LogP contribution in [0.4, 0.5) is 5.82 Å². The molecular weight excluding hydrogens is 376 g/mol. The number of aliphatic hydroxyl groups excluding tert-OH is 1. The van der Waals surface area contributed by atoms with Gasteiger partial charge in [-0.25, -0.2) is 9.97 Å². The Labute approximate surface area is 178 Å². The SMILES string of the molecule is C#CC(O)C1CCC(N2CC(CC(=O)CNc3ncnc4ccc(C)cc34)C2)CC1. The van der Waals surface area contributed by atoms with Crippen LogP contribution in [-0.2, 0) is 4.79 Å². The van der Waals surface area contributed by atoms with E-state index in [0.717, 1.165) is 61.1 Å². The molecule has 1 aliphatic carbocycles. The van der Waals surface area contributed by atoms with Crippen LogP contribution in [0.5, 0.6) is 0 Å². The molecule has 4 rings (SSSR count). The number of carbonyl (C=O) groups excluding carboxylic acids is 1. The molecule has 1 aromatic heterocycles. The molecule has 2 N–H and O–H groups in total. The van der Waals surface area contributed by atoms with Crippen molar-refractivity contribution in [2.75, 3.05) is 25.0 Å². The third-order valence-corrected chi connectivity index (χ3v) is 6.62. The normalized spacial score (nSPS) is 23.5. The number of hydrogen-bond donors (Lipinski definition) is 2. The van der Waals surface area contributed by atoms with Crippen LogP contribution in [-0.4, -0.2) is 57.5 Å². The summed E-state index contributed by atoms with van der Waals surface area (Å²) in [6.07, 6.45) is 11.0. The molecule has 1 aliphatic heterocycles. The Kier molecular flexibility index (Phi) is 6.31. The number of nitrogens with zero attached hydrogens (tertiary/aromatic N) is 3. The van der Waals surface area contributed by atoms with Gasteiger partial charge in [0.05, 0.1) is 12.1 Å². The monoisotopic (exact) mass is 406 g/mol. The van der Waals surface area contributed by atoms with Gasteiger partial charge in [-0.15, -0.1) is 6.42 Å². The highest BCUT2D eigenvalue weighted by atomic mass is 16.3. The Morgan fingerprint density at radius 1 is 1.30 bits per heavy atom. The Bertz CT molecular complexity index is 940. The number of fused-ring (bicyclic) bond motifs is 1. The topological polar surface area (TPSA) is 78.4 Å². The van der Waals surface area contributed by atoms with Gasteiger partial charge in [0.2, 0.25) is 0 Å². The van der Waals surface area contributed by atoms with E-state index in [2.05, 4.69) is 26.1 Å². The lowest BCUT2D eigenvalue weighted by molar-refractivity contribution is -0.120. The quantitative estimate of drug-likeness (QED) is 0.689. The fourth-order valence-electron chi connectivity index (χ4n) is 4.84. The molecule has 2 aliphatic rings. The minimum Gasteiger partial charge on any atom is -0.380 e. The van der Waals surface area contributed by atoms with Gasteiger partial charge >= 0.3 is 0 Å². The first-order valence-corrected chi connectivity index (χ1v) is 10.9. The van der Waals surface area contributed by atoms with Crippen LogP contribution in [0.3, 0.4) is 0 Å². The van der Waals surface area contributed by atoms with E-state index in [-0.39, 0.29) is 11.7 Å². The summed E-state index contributed by atoms with van der Waals surface area (Å²) in [4.78, 5) is 23.6. The summed E-state index contributed by atoms with van der Waals surface area (Å²) in [5.74, 6) is 4.09. The van der Waals surface area contributed by atoms with Crippen molar-refractivity contribution < 1.29 is 9.90 Å². The van der Waals surface area contributed by atoms with E-state index in [1.165, 1.54) is 6.33 Å². The number of aryl methyl sites for hydroxylation is 1. The Morgan fingerprint density at radius 2 is 2.07 bits per heavy atom. The van der Waals surface area contributed by atoms with Crippen molar-refractivity contribution in [3.63, 3.8) is 0 Å². The van der Waals surface area contributed by atoms with Crippen molar-refractivity contribution in [2.45, 2.75) is 51.2 Å². The minimum absolute atomic E-state index is 0.222. The molecule has 2 heterocycles. The van der Waals surface area contributed by atoms with E-state index >= 15 is 0 Å². The molecule has 6 nitrogen and oxygen atoms in total. The largest absolute Gasteiger partial charge is 0.380 e. The smallest absolute Gasteiger partial charge is 0.152 e. The fraction of sp³-hybridized carbons (Fsp3) is 0.542. The van der Waals surface area contributed by atoms with Gasteiger partial charge in [0.15, 0.2) is 5.78 Å². The minimum atomic E-state index is -0.601. The van der Waals surface area contributed by atoms with Gasteiger partial charge in [-0.05, 0) is 56.6 Å². The van der Waals surface area contributed by atoms with Crippen molar-refractivity contribution in [1.82, 2.24) is 14.9 Å². The number of benzene rings is 1. The Balaban J connectivity index is 1.21. The molecule has 0 spiro atoms. The van der Waals surface area contributed by atoms with E-state index in [9.17, 15) is 9.90 Å². The third-order valence-electron chi connectivity index (χ3n) is 6.62.